The van der Waals surface area contributed by atoms with Crippen molar-refractivity contribution in [3.63, 3.8) is 0 Å². The largest absolute Gasteiger partial charge is 0.417 e. The van der Waals surface area contributed by atoms with Gasteiger partial charge in [0, 0.05) is 16.5 Å². The Bertz CT molecular complexity index is 627. The minimum atomic E-state index is -4.67. The van der Waals surface area contributed by atoms with E-state index in [2.05, 4.69) is 0 Å². The fraction of sp³-hybridized carbons (Fsp3) is 0.273. The van der Waals surface area contributed by atoms with Gasteiger partial charge in [-0.1, -0.05) is 6.07 Å². The van der Waals surface area contributed by atoms with Crippen molar-refractivity contribution in [1.82, 2.24) is 0 Å². The number of rotatable bonds is 1. The molecule has 2 rings (SSSR count). The Balaban J connectivity index is 2.83. The summed E-state index contributed by atoms with van der Waals surface area (Å²) in [7, 11) is -3.90. The van der Waals surface area contributed by atoms with Crippen molar-refractivity contribution in [2.45, 2.75) is 24.1 Å². The zero-order valence-electron chi connectivity index (χ0n) is 9.19. The molecule has 0 saturated carbocycles. The molecule has 1 aromatic rings. The zero-order chi connectivity index (χ0) is 13.7. The summed E-state index contributed by atoms with van der Waals surface area (Å²) in [5, 5.41) is 10.1. The number of sulfone groups is 1. The van der Waals surface area contributed by atoms with Gasteiger partial charge in [-0.15, -0.1) is 0 Å². The molecule has 1 atom stereocenters. The number of benzene rings is 1. The van der Waals surface area contributed by atoms with Gasteiger partial charge in [0.2, 0.25) is 9.84 Å². The van der Waals surface area contributed by atoms with Crippen molar-refractivity contribution in [3.8, 4) is 0 Å². The summed E-state index contributed by atoms with van der Waals surface area (Å²) in [5.41, 5.74) is -1.72. The molecule has 0 radical (unpaired) electrons. The molecule has 0 spiro atoms. The topological polar surface area (TPSA) is 54.4 Å². The first-order valence-electron chi connectivity index (χ1n) is 5.00. The summed E-state index contributed by atoms with van der Waals surface area (Å²) in [6, 6.07) is 2.94. The summed E-state index contributed by atoms with van der Waals surface area (Å²) in [6.07, 6.45) is -5.95. The van der Waals surface area contributed by atoms with Gasteiger partial charge in [0.1, 0.15) is 0 Å². The molecule has 7 heteroatoms. The van der Waals surface area contributed by atoms with E-state index in [4.69, 9.17) is 0 Å². The number of halogens is 3. The first kappa shape index (κ1) is 13.1. The molecule has 0 fully saturated rings. The highest BCUT2D eigenvalue weighted by molar-refractivity contribution is 7.95. The normalized spacial score (nSPS) is 19.3. The molecule has 3 nitrogen and oxygen atoms in total. The smallest absolute Gasteiger partial charge is 0.389 e. The first-order chi connectivity index (χ1) is 8.14. The van der Waals surface area contributed by atoms with Gasteiger partial charge in [0.15, 0.2) is 0 Å². The van der Waals surface area contributed by atoms with Gasteiger partial charge in [-0.05, 0) is 19.1 Å². The quantitative estimate of drug-likeness (QED) is 0.857. The summed E-state index contributed by atoms with van der Waals surface area (Å²) in [6.45, 7) is 1.23. The molecule has 0 bridgehead atoms. The molecule has 0 saturated heterocycles. The second kappa shape index (κ2) is 3.83. The van der Waals surface area contributed by atoms with E-state index in [-0.39, 0.29) is 5.57 Å². The van der Waals surface area contributed by atoms with Gasteiger partial charge in [-0.2, -0.15) is 13.2 Å². The maximum atomic E-state index is 12.8. The lowest BCUT2D eigenvalue weighted by Crippen LogP contribution is -2.12. The third-order valence-corrected chi connectivity index (χ3v) is 4.18. The van der Waals surface area contributed by atoms with Crippen molar-refractivity contribution in [2.24, 2.45) is 0 Å². The fourth-order valence-electron chi connectivity index (χ4n) is 1.90. The van der Waals surface area contributed by atoms with Crippen molar-refractivity contribution in [1.29, 1.82) is 0 Å². The van der Waals surface area contributed by atoms with E-state index < -0.39 is 38.1 Å². The van der Waals surface area contributed by atoms with Crippen LogP contribution in [-0.2, 0) is 16.0 Å². The second-order valence-electron chi connectivity index (χ2n) is 3.97. The number of fused-ring (bicyclic) bond motifs is 1. The van der Waals surface area contributed by atoms with Gasteiger partial charge in [0.25, 0.3) is 0 Å². The van der Waals surface area contributed by atoms with Crippen molar-refractivity contribution in [2.75, 3.05) is 0 Å². The highest BCUT2D eigenvalue weighted by atomic mass is 32.2. The Morgan fingerprint density at radius 3 is 2.39 bits per heavy atom. The molecular formula is C11H9F3O3S. The van der Waals surface area contributed by atoms with E-state index in [9.17, 15) is 26.7 Å². The zero-order valence-corrected chi connectivity index (χ0v) is 10.0. The van der Waals surface area contributed by atoms with Crippen LogP contribution in [0.5, 0.6) is 0 Å². The molecule has 18 heavy (non-hydrogen) atoms. The van der Waals surface area contributed by atoms with Crippen LogP contribution >= 0.6 is 0 Å². The number of aliphatic hydroxyl groups is 1. The number of alkyl halides is 3. The third-order valence-electron chi connectivity index (χ3n) is 2.66. The van der Waals surface area contributed by atoms with E-state index in [1.54, 1.807) is 0 Å². The van der Waals surface area contributed by atoms with Crippen LogP contribution in [0, 0.1) is 0 Å². The van der Waals surface area contributed by atoms with Crippen molar-refractivity contribution < 1.29 is 26.7 Å². The van der Waals surface area contributed by atoms with Crippen LogP contribution in [0.2, 0.25) is 0 Å². The maximum Gasteiger partial charge on any atom is 0.417 e. The number of hydrogen-bond acceptors (Lipinski definition) is 3. The fourth-order valence-corrected chi connectivity index (χ4v) is 3.46. The Labute approximate surface area is 101 Å². The molecule has 1 heterocycles. The number of aliphatic hydroxyl groups excluding tert-OH is 1. The molecule has 1 aromatic carbocycles. The number of hydrogen-bond donors (Lipinski definition) is 1. The van der Waals surface area contributed by atoms with Gasteiger partial charge >= 0.3 is 6.18 Å². The lowest BCUT2D eigenvalue weighted by Gasteiger charge is -2.15. The molecule has 98 valence electrons. The van der Waals surface area contributed by atoms with Crippen LogP contribution in [0.3, 0.4) is 0 Å². The lowest BCUT2D eigenvalue weighted by molar-refractivity contribution is -0.137. The highest BCUT2D eigenvalue weighted by Gasteiger charge is 2.40. The third kappa shape index (κ3) is 1.93. The molecule has 0 aromatic heterocycles. The Morgan fingerprint density at radius 1 is 1.28 bits per heavy atom. The molecule has 1 aliphatic rings. The van der Waals surface area contributed by atoms with Gasteiger partial charge in [0.05, 0.1) is 16.6 Å². The summed E-state index contributed by atoms with van der Waals surface area (Å²) < 4.78 is 61.9. The highest BCUT2D eigenvalue weighted by Crippen LogP contribution is 2.43. The average Bonchev–Trinajstić information content (AvgIpc) is 2.50. The lowest BCUT2D eigenvalue weighted by atomic mass is 9.97. The summed E-state index contributed by atoms with van der Waals surface area (Å²) in [5.74, 6) is 0. The predicted octanol–water partition coefficient (Wildman–Crippen LogP) is 2.21. The van der Waals surface area contributed by atoms with Crippen LogP contribution in [0.25, 0.3) is 5.57 Å². The van der Waals surface area contributed by atoms with Crippen molar-refractivity contribution >= 4 is 15.4 Å². The van der Waals surface area contributed by atoms with Crippen molar-refractivity contribution in [3.05, 3.63) is 34.7 Å². The summed E-state index contributed by atoms with van der Waals surface area (Å²) >= 11 is 0. The molecule has 1 unspecified atom stereocenters. The summed E-state index contributed by atoms with van der Waals surface area (Å²) in [4.78, 5) is -0.409. The van der Waals surface area contributed by atoms with Gasteiger partial charge in [-0.25, -0.2) is 8.42 Å². The van der Waals surface area contributed by atoms with Crippen LogP contribution in [-0.4, -0.2) is 19.6 Å². The van der Waals surface area contributed by atoms with E-state index >= 15 is 0 Å². The van der Waals surface area contributed by atoms with Gasteiger partial charge < -0.3 is 5.11 Å². The monoisotopic (exact) mass is 278 g/mol. The van der Waals surface area contributed by atoms with E-state index in [1.807, 2.05) is 0 Å². The van der Waals surface area contributed by atoms with E-state index in [1.165, 1.54) is 6.92 Å². The van der Waals surface area contributed by atoms with Crippen LogP contribution in [0.15, 0.2) is 28.5 Å². The molecule has 1 N–H and O–H groups in total. The Morgan fingerprint density at radius 2 is 1.89 bits per heavy atom. The van der Waals surface area contributed by atoms with Crippen LogP contribution in [0.1, 0.15) is 18.1 Å². The van der Waals surface area contributed by atoms with Crippen LogP contribution in [0.4, 0.5) is 13.2 Å². The van der Waals surface area contributed by atoms with E-state index in [0.717, 1.165) is 18.2 Å². The van der Waals surface area contributed by atoms with Gasteiger partial charge in [-0.3, -0.25) is 0 Å². The molecular weight excluding hydrogens is 269 g/mol. The minimum absolute atomic E-state index is 0.224. The molecule has 1 aliphatic heterocycles. The molecule has 0 aliphatic carbocycles. The predicted molar refractivity (Wildman–Crippen MR) is 58.3 cm³/mol. The second-order valence-corrected chi connectivity index (χ2v) is 5.74. The Hall–Kier alpha value is -1.34. The SMILES string of the molecule is CC(O)C1=CS(=O)(=O)c2cccc(C(F)(F)F)c21. The molecule has 0 amide bonds. The Kier molecular flexibility index (Phi) is 2.78. The maximum absolute atomic E-state index is 12.8. The van der Waals surface area contributed by atoms with Crippen LogP contribution < -0.4 is 0 Å². The average molecular weight is 278 g/mol. The first-order valence-corrected chi connectivity index (χ1v) is 6.54. The van der Waals surface area contributed by atoms with E-state index in [0.29, 0.717) is 5.41 Å². The standard InChI is InChI=1S/C11H9F3O3S/c1-6(15)7-5-18(16,17)9-4-2-3-8(10(7)9)11(12,13)14/h2-6,15H,1H3. The minimum Gasteiger partial charge on any atom is -0.389 e.